The molecule has 0 radical (unpaired) electrons. The SMILES string of the molecule is O=C(c1cc2cc(Br)ccc2[nH]1)C(Cl)(Cl)Cl. The van der Waals surface area contributed by atoms with Crippen molar-refractivity contribution in [2.45, 2.75) is 3.79 Å². The van der Waals surface area contributed by atoms with Gasteiger partial charge in [-0.15, -0.1) is 0 Å². The van der Waals surface area contributed by atoms with Crippen LogP contribution in [0.2, 0.25) is 0 Å². The van der Waals surface area contributed by atoms with E-state index in [2.05, 4.69) is 20.9 Å². The van der Waals surface area contributed by atoms with Crippen molar-refractivity contribution in [1.82, 2.24) is 4.98 Å². The van der Waals surface area contributed by atoms with Gasteiger partial charge < -0.3 is 4.98 Å². The molecule has 1 aromatic heterocycles. The van der Waals surface area contributed by atoms with Gasteiger partial charge in [0, 0.05) is 15.4 Å². The Balaban J connectivity index is 2.52. The Morgan fingerprint density at radius 1 is 1.25 bits per heavy atom. The van der Waals surface area contributed by atoms with Crippen LogP contribution in [0.4, 0.5) is 0 Å². The molecule has 0 amide bonds. The van der Waals surface area contributed by atoms with Gasteiger partial charge in [0.25, 0.3) is 3.79 Å². The van der Waals surface area contributed by atoms with E-state index >= 15 is 0 Å². The molecule has 84 valence electrons. The van der Waals surface area contributed by atoms with Crippen LogP contribution in [-0.4, -0.2) is 14.6 Å². The Morgan fingerprint density at radius 3 is 2.56 bits per heavy atom. The molecule has 2 nitrogen and oxygen atoms in total. The number of hydrogen-bond donors (Lipinski definition) is 1. The summed E-state index contributed by atoms with van der Waals surface area (Å²) >= 11 is 19.9. The van der Waals surface area contributed by atoms with Crippen LogP contribution in [0.25, 0.3) is 10.9 Å². The van der Waals surface area contributed by atoms with Gasteiger partial charge in [-0.3, -0.25) is 4.79 Å². The van der Waals surface area contributed by atoms with E-state index in [9.17, 15) is 4.79 Å². The van der Waals surface area contributed by atoms with Crippen LogP contribution < -0.4 is 0 Å². The second-order valence-electron chi connectivity index (χ2n) is 3.24. The van der Waals surface area contributed by atoms with Gasteiger partial charge in [-0.05, 0) is 24.3 Å². The van der Waals surface area contributed by atoms with Gasteiger partial charge in [0.05, 0.1) is 5.69 Å². The number of H-pyrrole nitrogens is 1. The van der Waals surface area contributed by atoms with Crippen LogP contribution in [0.15, 0.2) is 28.7 Å². The monoisotopic (exact) mass is 339 g/mol. The van der Waals surface area contributed by atoms with E-state index in [4.69, 9.17) is 34.8 Å². The van der Waals surface area contributed by atoms with Crippen molar-refractivity contribution in [3.05, 3.63) is 34.4 Å². The topological polar surface area (TPSA) is 32.9 Å². The van der Waals surface area contributed by atoms with E-state index in [0.717, 1.165) is 15.4 Å². The first-order valence-corrected chi connectivity index (χ1v) is 6.20. The van der Waals surface area contributed by atoms with Gasteiger partial charge in [0.2, 0.25) is 5.78 Å². The number of fused-ring (bicyclic) bond motifs is 1. The van der Waals surface area contributed by atoms with Crippen LogP contribution in [-0.2, 0) is 0 Å². The predicted octanol–water partition coefficient (Wildman–Crippen LogP) is 4.48. The van der Waals surface area contributed by atoms with E-state index < -0.39 is 9.58 Å². The summed E-state index contributed by atoms with van der Waals surface area (Å²) in [5, 5.41) is 0.881. The lowest BCUT2D eigenvalue weighted by Crippen LogP contribution is -2.19. The fraction of sp³-hybridized carbons (Fsp3) is 0.100. The minimum atomic E-state index is -1.93. The van der Waals surface area contributed by atoms with Crippen molar-refractivity contribution in [2.24, 2.45) is 0 Å². The zero-order valence-corrected chi connectivity index (χ0v) is 11.6. The molecule has 0 aliphatic rings. The summed E-state index contributed by atoms with van der Waals surface area (Å²) in [6.45, 7) is 0. The van der Waals surface area contributed by atoms with Crippen molar-refractivity contribution in [2.75, 3.05) is 0 Å². The molecule has 6 heteroatoms. The number of aromatic nitrogens is 1. The lowest BCUT2D eigenvalue weighted by molar-refractivity contribution is 0.0992. The van der Waals surface area contributed by atoms with Crippen LogP contribution in [0.5, 0.6) is 0 Å². The lowest BCUT2D eigenvalue weighted by Gasteiger charge is -2.06. The van der Waals surface area contributed by atoms with E-state index in [1.54, 1.807) is 6.07 Å². The number of benzene rings is 1. The Hall–Kier alpha value is -0.220. The molecule has 0 unspecified atom stereocenters. The number of rotatable bonds is 1. The second-order valence-corrected chi connectivity index (χ2v) is 6.44. The van der Waals surface area contributed by atoms with Crippen LogP contribution >= 0.6 is 50.7 Å². The fourth-order valence-corrected chi connectivity index (χ4v) is 2.06. The number of ketones is 1. The summed E-state index contributed by atoms with van der Waals surface area (Å²) in [6.07, 6.45) is 0. The highest BCUT2D eigenvalue weighted by molar-refractivity contribution is 9.10. The maximum absolute atomic E-state index is 11.7. The number of carbonyl (C=O) groups is 1. The third-order valence-electron chi connectivity index (χ3n) is 2.08. The second kappa shape index (κ2) is 4.22. The van der Waals surface area contributed by atoms with Gasteiger partial charge in [0.1, 0.15) is 0 Å². The van der Waals surface area contributed by atoms with E-state index in [-0.39, 0.29) is 5.69 Å². The van der Waals surface area contributed by atoms with Crippen molar-refractivity contribution in [3.8, 4) is 0 Å². The number of Topliss-reactive ketones (excluding diaryl/α,β-unsaturated/α-hetero) is 1. The van der Waals surface area contributed by atoms with Gasteiger partial charge >= 0.3 is 0 Å². The molecule has 0 saturated heterocycles. The summed E-state index contributed by atoms with van der Waals surface area (Å²) in [5.41, 5.74) is 1.11. The van der Waals surface area contributed by atoms with Crippen molar-refractivity contribution >= 4 is 67.4 Å². The van der Waals surface area contributed by atoms with E-state index in [1.165, 1.54) is 0 Å². The highest BCUT2D eigenvalue weighted by Crippen LogP contribution is 2.31. The molecule has 0 spiro atoms. The molecule has 1 aromatic carbocycles. The standard InChI is InChI=1S/C10H5BrCl3NO/c11-6-1-2-7-5(3-6)4-8(15-7)9(16)10(12,13)14/h1-4,15H. The molecule has 0 aliphatic carbocycles. The Labute approximate surface area is 115 Å². The predicted molar refractivity (Wildman–Crippen MR) is 70.6 cm³/mol. The molecule has 16 heavy (non-hydrogen) atoms. The molecule has 0 fully saturated rings. The zero-order chi connectivity index (χ0) is 11.9. The van der Waals surface area contributed by atoms with Gasteiger partial charge in [-0.1, -0.05) is 50.7 Å². The van der Waals surface area contributed by atoms with Gasteiger partial charge in [-0.2, -0.15) is 0 Å². The van der Waals surface area contributed by atoms with Crippen LogP contribution in [0, 0.1) is 0 Å². The zero-order valence-electron chi connectivity index (χ0n) is 7.73. The largest absolute Gasteiger partial charge is 0.352 e. The Morgan fingerprint density at radius 2 is 1.94 bits per heavy atom. The number of alkyl halides is 3. The smallest absolute Gasteiger partial charge is 0.254 e. The Bertz CT molecular complexity index is 559. The summed E-state index contributed by atoms with van der Waals surface area (Å²) < 4.78 is -1.01. The fourth-order valence-electron chi connectivity index (χ4n) is 1.38. The first-order chi connectivity index (χ1) is 7.38. The number of carbonyl (C=O) groups excluding carboxylic acids is 1. The van der Waals surface area contributed by atoms with E-state index in [0.29, 0.717) is 0 Å². The van der Waals surface area contributed by atoms with Crippen molar-refractivity contribution in [3.63, 3.8) is 0 Å². The first kappa shape index (κ1) is 12.2. The highest BCUT2D eigenvalue weighted by Gasteiger charge is 2.32. The van der Waals surface area contributed by atoms with E-state index in [1.807, 2.05) is 18.2 Å². The number of nitrogens with one attached hydrogen (secondary N) is 1. The maximum atomic E-state index is 11.7. The number of aromatic amines is 1. The van der Waals surface area contributed by atoms with Crippen LogP contribution in [0.1, 0.15) is 10.5 Å². The summed E-state index contributed by atoms with van der Waals surface area (Å²) in [7, 11) is 0. The summed E-state index contributed by atoms with van der Waals surface area (Å²) in [6, 6.07) is 7.24. The van der Waals surface area contributed by atoms with Gasteiger partial charge in [-0.25, -0.2) is 0 Å². The maximum Gasteiger partial charge on any atom is 0.254 e. The third kappa shape index (κ3) is 2.38. The average Bonchev–Trinajstić information content (AvgIpc) is 2.57. The minimum Gasteiger partial charge on any atom is -0.352 e. The van der Waals surface area contributed by atoms with Crippen LogP contribution in [0.3, 0.4) is 0 Å². The number of halogens is 4. The molecule has 0 bridgehead atoms. The third-order valence-corrected chi connectivity index (χ3v) is 3.09. The average molecular weight is 341 g/mol. The Kier molecular flexibility index (Phi) is 3.23. The molecule has 0 aliphatic heterocycles. The molecular formula is C10H5BrCl3NO. The molecule has 1 N–H and O–H groups in total. The van der Waals surface area contributed by atoms with Crippen molar-refractivity contribution in [1.29, 1.82) is 0 Å². The molecule has 2 aromatic rings. The quantitative estimate of drug-likeness (QED) is 0.602. The molecular weight excluding hydrogens is 336 g/mol. The van der Waals surface area contributed by atoms with Crippen molar-refractivity contribution < 1.29 is 4.79 Å². The summed E-state index contributed by atoms with van der Waals surface area (Å²) in [5.74, 6) is -0.565. The molecule has 2 rings (SSSR count). The molecule has 0 saturated carbocycles. The number of hydrogen-bond acceptors (Lipinski definition) is 1. The molecule has 1 heterocycles. The molecule has 0 atom stereocenters. The first-order valence-electron chi connectivity index (χ1n) is 4.28. The minimum absolute atomic E-state index is 0.285. The summed E-state index contributed by atoms with van der Waals surface area (Å²) in [4.78, 5) is 14.6. The highest BCUT2D eigenvalue weighted by atomic mass is 79.9. The van der Waals surface area contributed by atoms with Gasteiger partial charge in [0.15, 0.2) is 0 Å². The normalized spacial score (nSPS) is 12.0. The lowest BCUT2D eigenvalue weighted by atomic mass is 10.2.